The molecule has 15 heavy (non-hydrogen) atoms. The summed E-state index contributed by atoms with van der Waals surface area (Å²) in [6.07, 6.45) is 2.14. The third kappa shape index (κ3) is 2.27. The molecule has 80 valence electrons. The van der Waals surface area contributed by atoms with Gasteiger partial charge in [0.05, 0.1) is 0 Å². The second-order valence-corrected chi connectivity index (χ2v) is 7.13. The van der Waals surface area contributed by atoms with Gasteiger partial charge in [0.2, 0.25) is 0 Å². The van der Waals surface area contributed by atoms with Crippen molar-refractivity contribution < 1.29 is 3.83 Å². The zero-order valence-corrected chi connectivity index (χ0v) is 10.9. The van der Waals surface area contributed by atoms with Crippen molar-refractivity contribution in [2.45, 2.75) is 26.7 Å². The molecular weight excluding hydrogens is 251 g/mol. The monoisotopic (exact) mass is 268 g/mol. The Morgan fingerprint density at radius 2 is 2.00 bits per heavy atom. The van der Waals surface area contributed by atoms with Crippen LogP contribution in [0.3, 0.4) is 0 Å². The molecule has 1 heterocycles. The summed E-state index contributed by atoms with van der Waals surface area (Å²) in [5.41, 5.74) is 0. The van der Waals surface area contributed by atoms with Crippen LogP contribution in [-0.4, -0.2) is 13.8 Å². The van der Waals surface area contributed by atoms with Gasteiger partial charge < -0.3 is 0 Å². The van der Waals surface area contributed by atoms with Gasteiger partial charge in [-0.25, -0.2) is 0 Å². The number of hydrogen-bond donors (Lipinski definition) is 0. The van der Waals surface area contributed by atoms with Gasteiger partial charge in [0.25, 0.3) is 0 Å². The van der Waals surface area contributed by atoms with E-state index < -0.39 is 13.8 Å². The molecule has 0 saturated heterocycles. The van der Waals surface area contributed by atoms with Crippen LogP contribution in [0.2, 0.25) is 0 Å². The van der Waals surface area contributed by atoms with E-state index in [1.165, 1.54) is 14.9 Å². The Labute approximate surface area is 94.6 Å². The summed E-state index contributed by atoms with van der Waals surface area (Å²) in [5.74, 6) is 0.684. The van der Waals surface area contributed by atoms with Crippen LogP contribution >= 0.6 is 0 Å². The Morgan fingerprint density at radius 1 is 1.27 bits per heavy atom. The van der Waals surface area contributed by atoms with Gasteiger partial charge in [0, 0.05) is 0 Å². The molecule has 0 spiro atoms. The van der Waals surface area contributed by atoms with Crippen molar-refractivity contribution in [1.82, 2.24) is 0 Å². The van der Waals surface area contributed by atoms with E-state index in [2.05, 4.69) is 26.0 Å². The maximum absolute atomic E-state index is 12.0. The van der Waals surface area contributed by atoms with Crippen molar-refractivity contribution in [3.05, 3.63) is 34.7 Å². The summed E-state index contributed by atoms with van der Waals surface area (Å²) < 4.78 is 13.2. The van der Waals surface area contributed by atoms with Gasteiger partial charge in [0.15, 0.2) is 0 Å². The average Bonchev–Trinajstić information content (AvgIpc) is 2.50. The zero-order valence-electron chi connectivity index (χ0n) is 9.19. The first-order valence-electron chi connectivity index (χ1n) is 5.39. The standard InChI is InChI=1S/C13H16OSe/c1-10(2)7-8-13-12-6-4-3-5-11(12)9-15(13)14/h3-6,9-10H,7-8H2,1-2H3. The SMILES string of the molecule is CC(C)CCC1=c2ccccc2=C[Se]1=O. The second-order valence-electron chi connectivity index (χ2n) is 4.36. The van der Waals surface area contributed by atoms with Crippen LogP contribution in [0, 0.1) is 5.92 Å². The van der Waals surface area contributed by atoms with Gasteiger partial charge in [-0.1, -0.05) is 0 Å². The summed E-state index contributed by atoms with van der Waals surface area (Å²) >= 11 is -1.83. The molecule has 0 fully saturated rings. The van der Waals surface area contributed by atoms with Crippen LogP contribution in [0.5, 0.6) is 0 Å². The van der Waals surface area contributed by atoms with Gasteiger partial charge >= 0.3 is 94.4 Å². The van der Waals surface area contributed by atoms with Gasteiger partial charge in [-0.15, -0.1) is 0 Å². The van der Waals surface area contributed by atoms with E-state index in [-0.39, 0.29) is 0 Å². The first kappa shape index (κ1) is 10.8. The van der Waals surface area contributed by atoms with E-state index in [1.807, 2.05) is 17.1 Å². The normalized spacial score (nSPS) is 19.1. The molecule has 1 nitrogen and oxygen atoms in total. The first-order valence-corrected chi connectivity index (χ1v) is 7.93. The van der Waals surface area contributed by atoms with E-state index in [0.717, 1.165) is 12.8 Å². The third-order valence-electron chi connectivity index (χ3n) is 2.69. The van der Waals surface area contributed by atoms with E-state index in [9.17, 15) is 3.83 Å². The molecule has 1 unspecified atom stereocenters. The Bertz CT molecular complexity index is 500. The molecule has 0 aliphatic carbocycles. The Kier molecular flexibility index (Phi) is 3.18. The molecule has 0 saturated carbocycles. The molecule has 1 aromatic carbocycles. The average molecular weight is 267 g/mol. The quantitative estimate of drug-likeness (QED) is 0.760. The molecule has 0 aromatic heterocycles. The maximum atomic E-state index is 12.0. The Balaban J connectivity index is 2.40. The number of fused-ring (bicyclic) bond motifs is 1. The predicted molar refractivity (Wildman–Crippen MR) is 64.1 cm³/mol. The van der Waals surface area contributed by atoms with Gasteiger partial charge in [0.1, 0.15) is 0 Å². The van der Waals surface area contributed by atoms with Gasteiger partial charge in [-0.2, -0.15) is 0 Å². The van der Waals surface area contributed by atoms with E-state index in [0.29, 0.717) is 5.92 Å². The Hall–Kier alpha value is -0.721. The van der Waals surface area contributed by atoms with Crippen molar-refractivity contribution in [2.24, 2.45) is 5.92 Å². The molecular formula is C13H16OSe. The zero-order chi connectivity index (χ0) is 10.8. The number of benzene rings is 1. The first-order chi connectivity index (χ1) is 7.18. The molecule has 0 N–H and O–H groups in total. The van der Waals surface area contributed by atoms with Gasteiger partial charge in [-0.05, 0) is 0 Å². The van der Waals surface area contributed by atoms with E-state index in [4.69, 9.17) is 0 Å². The fourth-order valence-corrected chi connectivity index (χ4v) is 4.53. The van der Waals surface area contributed by atoms with Crippen molar-refractivity contribution >= 4 is 23.3 Å². The second kappa shape index (κ2) is 4.42. The van der Waals surface area contributed by atoms with Gasteiger partial charge in [-0.3, -0.25) is 0 Å². The third-order valence-corrected chi connectivity index (χ3v) is 5.58. The molecule has 1 aliphatic rings. The van der Waals surface area contributed by atoms with Crippen LogP contribution in [0.1, 0.15) is 26.7 Å². The van der Waals surface area contributed by atoms with Crippen molar-refractivity contribution in [3.8, 4) is 0 Å². The molecule has 2 rings (SSSR count). The van der Waals surface area contributed by atoms with Crippen LogP contribution in [0.15, 0.2) is 24.3 Å². The summed E-state index contributed by atoms with van der Waals surface area (Å²) in [6.45, 7) is 4.43. The fraction of sp³-hybridized carbons (Fsp3) is 0.385. The molecule has 0 radical (unpaired) electrons. The number of hydrogen-bond acceptors (Lipinski definition) is 1. The van der Waals surface area contributed by atoms with Crippen LogP contribution in [0.25, 0.3) is 9.45 Å². The van der Waals surface area contributed by atoms with Crippen LogP contribution < -0.4 is 10.4 Å². The van der Waals surface area contributed by atoms with Crippen molar-refractivity contribution in [3.63, 3.8) is 0 Å². The topological polar surface area (TPSA) is 17.1 Å². The van der Waals surface area contributed by atoms with Crippen LogP contribution in [0.4, 0.5) is 0 Å². The predicted octanol–water partition coefficient (Wildman–Crippen LogP) is 1.57. The number of rotatable bonds is 3. The minimum absolute atomic E-state index is 0.684. The molecule has 1 atom stereocenters. The fourth-order valence-electron chi connectivity index (χ4n) is 1.80. The summed E-state index contributed by atoms with van der Waals surface area (Å²) in [5, 5.41) is 2.41. The molecule has 0 bridgehead atoms. The van der Waals surface area contributed by atoms with Crippen LogP contribution in [-0.2, 0) is 3.83 Å². The summed E-state index contributed by atoms with van der Waals surface area (Å²) in [6, 6.07) is 8.21. The van der Waals surface area contributed by atoms with Crippen molar-refractivity contribution in [2.75, 3.05) is 0 Å². The minimum atomic E-state index is -1.83. The summed E-state index contributed by atoms with van der Waals surface area (Å²) in [7, 11) is 0. The summed E-state index contributed by atoms with van der Waals surface area (Å²) in [4.78, 5) is 1.96. The molecule has 1 aromatic rings. The molecule has 0 amide bonds. The molecule has 2 heteroatoms. The van der Waals surface area contributed by atoms with Crippen molar-refractivity contribution in [1.29, 1.82) is 0 Å². The Morgan fingerprint density at radius 3 is 2.73 bits per heavy atom. The van der Waals surface area contributed by atoms with E-state index in [1.54, 1.807) is 0 Å². The van der Waals surface area contributed by atoms with E-state index >= 15 is 0 Å². The molecule has 1 aliphatic heterocycles.